The minimum atomic E-state index is -0.761. The number of halogens is 2. The van der Waals surface area contributed by atoms with E-state index in [0.717, 1.165) is 0 Å². The molecular weight excluding hydrogens is 223 g/mol. The van der Waals surface area contributed by atoms with Gasteiger partial charge in [-0.3, -0.25) is 0 Å². The van der Waals surface area contributed by atoms with Gasteiger partial charge < -0.3 is 0 Å². The second kappa shape index (κ2) is 3.34. The molecule has 1 rings (SSSR count). The van der Waals surface area contributed by atoms with Crippen LogP contribution in [-0.2, 0) is 0 Å². The van der Waals surface area contributed by atoms with E-state index < -0.39 is 5.82 Å². The molecule has 58 valence electrons. The molecule has 1 aromatic rings. The molecule has 12 heavy (non-hydrogen) atoms. The van der Waals surface area contributed by atoms with Crippen LogP contribution >= 0.6 is 15.9 Å². The highest BCUT2D eigenvalue weighted by molar-refractivity contribution is 9.10. The molecule has 0 unspecified atom stereocenters. The van der Waals surface area contributed by atoms with E-state index in [4.69, 9.17) is 10.5 Å². The molecule has 0 fully saturated rings. The summed E-state index contributed by atoms with van der Waals surface area (Å²) < 4.78 is 13.5. The Bertz CT molecular complexity index is 365. The van der Waals surface area contributed by atoms with Gasteiger partial charge in [-0.2, -0.15) is 10.5 Å². The van der Waals surface area contributed by atoms with Crippen molar-refractivity contribution in [3.05, 3.63) is 33.5 Å². The zero-order valence-electron chi connectivity index (χ0n) is 5.81. The van der Waals surface area contributed by atoms with Crippen LogP contribution in [0.25, 0.3) is 0 Å². The minimum absolute atomic E-state index is 0.124. The van der Waals surface area contributed by atoms with Crippen LogP contribution in [-0.4, -0.2) is 0 Å². The number of nitrogens with zero attached hydrogens (tertiary/aromatic N) is 2. The first-order valence-corrected chi connectivity index (χ1v) is 3.77. The van der Waals surface area contributed by atoms with Gasteiger partial charge in [0, 0.05) is 4.47 Å². The molecule has 2 nitrogen and oxygen atoms in total. The fraction of sp³-hybridized carbons (Fsp3) is 0. The molecule has 4 heteroatoms. The number of hydrogen-bond donors (Lipinski definition) is 0. The third-order valence-electron chi connectivity index (χ3n) is 1.28. The van der Waals surface area contributed by atoms with Crippen molar-refractivity contribution in [3.63, 3.8) is 0 Å². The van der Waals surface area contributed by atoms with Crippen molar-refractivity contribution in [1.29, 1.82) is 10.5 Å². The van der Waals surface area contributed by atoms with Crippen molar-refractivity contribution < 1.29 is 4.39 Å². The van der Waals surface area contributed by atoms with Gasteiger partial charge in [-0.25, -0.2) is 4.39 Å². The van der Waals surface area contributed by atoms with Gasteiger partial charge in [0.05, 0.1) is 11.1 Å². The van der Waals surface area contributed by atoms with Crippen LogP contribution in [0.3, 0.4) is 0 Å². The quantitative estimate of drug-likeness (QED) is 0.680. The molecule has 1 aromatic carbocycles. The summed E-state index contributed by atoms with van der Waals surface area (Å²) in [5, 5.41) is 16.9. The monoisotopic (exact) mass is 224 g/mol. The lowest BCUT2D eigenvalue weighted by atomic mass is 10.1. The van der Waals surface area contributed by atoms with E-state index in [2.05, 4.69) is 15.9 Å². The summed E-state index contributed by atoms with van der Waals surface area (Å²) in [5.74, 6) is -0.761. The highest BCUT2D eigenvalue weighted by Gasteiger charge is 2.08. The third kappa shape index (κ3) is 1.44. The van der Waals surface area contributed by atoms with E-state index in [9.17, 15) is 4.39 Å². The average Bonchev–Trinajstić information content (AvgIpc) is 2.08. The molecule has 0 radical (unpaired) electrons. The Kier molecular flexibility index (Phi) is 2.42. The fourth-order valence-electron chi connectivity index (χ4n) is 0.752. The first-order valence-electron chi connectivity index (χ1n) is 2.98. The van der Waals surface area contributed by atoms with Crippen LogP contribution in [0.4, 0.5) is 4.39 Å². The van der Waals surface area contributed by atoms with E-state index in [1.54, 1.807) is 12.1 Å². The Morgan fingerprint density at radius 1 is 1.17 bits per heavy atom. The SMILES string of the molecule is N#Cc1cc(Br)cc(C#N)c1F. The molecule has 0 aromatic heterocycles. The van der Waals surface area contributed by atoms with Crippen LogP contribution in [0.15, 0.2) is 16.6 Å². The molecule has 0 saturated carbocycles. The zero-order chi connectivity index (χ0) is 9.14. The molecule has 0 spiro atoms. The maximum atomic E-state index is 13.0. The van der Waals surface area contributed by atoms with E-state index in [0.29, 0.717) is 4.47 Å². The van der Waals surface area contributed by atoms with Gasteiger partial charge in [-0.05, 0) is 12.1 Å². The molecule has 0 aliphatic carbocycles. The van der Waals surface area contributed by atoms with Crippen molar-refractivity contribution in [2.24, 2.45) is 0 Å². The average molecular weight is 225 g/mol. The van der Waals surface area contributed by atoms with Crippen LogP contribution in [0.2, 0.25) is 0 Å². The summed E-state index contributed by atoms with van der Waals surface area (Å²) in [6.07, 6.45) is 0. The van der Waals surface area contributed by atoms with Crippen LogP contribution in [0.5, 0.6) is 0 Å². The van der Waals surface area contributed by atoms with Crippen molar-refractivity contribution in [2.75, 3.05) is 0 Å². The molecule has 0 atom stereocenters. The summed E-state index contributed by atoms with van der Waals surface area (Å²) in [6, 6.07) is 5.97. The summed E-state index contributed by atoms with van der Waals surface area (Å²) in [4.78, 5) is 0. The van der Waals surface area contributed by atoms with Crippen LogP contribution in [0, 0.1) is 28.5 Å². The standard InChI is InChI=1S/C8H2BrFN2/c9-7-1-5(3-11)8(10)6(2-7)4-12/h1-2H. The number of nitriles is 2. The predicted molar refractivity (Wildman–Crippen MR) is 43.5 cm³/mol. The maximum absolute atomic E-state index is 13.0. The van der Waals surface area contributed by atoms with E-state index in [1.165, 1.54) is 12.1 Å². The minimum Gasteiger partial charge on any atom is -0.204 e. The molecule has 0 N–H and O–H groups in total. The highest BCUT2D eigenvalue weighted by atomic mass is 79.9. The lowest BCUT2D eigenvalue weighted by Crippen LogP contribution is -1.89. The Balaban J connectivity index is 3.48. The second-order valence-corrected chi connectivity index (χ2v) is 2.95. The maximum Gasteiger partial charge on any atom is 0.158 e. The van der Waals surface area contributed by atoms with Gasteiger partial charge in [-0.15, -0.1) is 0 Å². The van der Waals surface area contributed by atoms with Crippen molar-refractivity contribution in [1.82, 2.24) is 0 Å². The summed E-state index contributed by atoms with van der Waals surface area (Å²) in [6.45, 7) is 0. The van der Waals surface area contributed by atoms with E-state index in [-0.39, 0.29) is 11.1 Å². The Labute approximate surface area is 77.0 Å². The zero-order valence-corrected chi connectivity index (χ0v) is 7.39. The third-order valence-corrected chi connectivity index (χ3v) is 1.74. The van der Waals surface area contributed by atoms with Crippen molar-refractivity contribution in [2.45, 2.75) is 0 Å². The highest BCUT2D eigenvalue weighted by Crippen LogP contribution is 2.18. The fourth-order valence-corrected chi connectivity index (χ4v) is 1.21. The van der Waals surface area contributed by atoms with E-state index >= 15 is 0 Å². The van der Waals surface area contributed by atoms with Crippen LogP contribution < -0.4 is 0 Å². The van der Waals surface area contributed by atoms with Gasteiger partial charge >= 0.3 is 0 Å². The number of benzene rings is 1. The van der Waals surface area contributed by atoms with Crippen LogP contribution in [0.1, 0.15) is 11.1 Å². The van der Waals surface area contributed by atoms with Crippen molar-refractivity contribution in [3.8, 4) is 12.1 Å². The molecule has 0 saturated heterocycles. The topological polar surface area (TPSA) is 47.6 Å². The van der Waals surface area contributed by atoms with Gasteiger partial charge in [0.25, 0.3) is 0 Å². The van der Waals surface area contributed by atoms with Crippen molar-refractivity contribution >= 4 is 15.9 Å². The first-order chi connectivity index (χ1) is 5.69. The summed E-state index contributed by atoms with van der Waals surface area (Å²) in [7, 11) is 0. The second-order valence-electron chi connectivity index (χ2n) is 2.04. The molecule has 0 amide bonds. The molecule has 0 aliphatic rings. The summed E-state index contributed by atoms with van der Waals surface area (Å²) >= 11 is 3.06. The Morgan fingerprint density at radius 2 is 1.58 bits per heavy atom. The molecule has 0 bridgehead atoms. The van der Waals surface area contributed by atoms with Gasteiger partial charge in [-0.1, -0.05) is 15.9 Å². The largest absolute Gasteiger partial charge is 0.204 e. The lowest BCUT2D eigenvalue weighted by molar-refractivity contribution is 0.619. The molecule has 0 aliphatic heterocycles. The summed E-state index contributed by atoms with van der Waals surface area (Å²) in [5.41, 5.74) is -0.248. The molecular formula is C8H2BrFN2. The Morgan fingerprint density at radius 3 is 1.92 bits per heavy atom. The van der Waals surface area contributed by atoms with Gasteiger partial charge in [0.2, 0.25) is 0 Å². The molecule has 0 heterocycles. The lowest BCUT2D eigenvalue weighted by Gasteiger charge is -1.96. The first kappa shape index (κ1) is 8.70. The van der Waals surface area contributed by atoms with E-state index in [1.807, 2.05) is 0 Å². The Hall–Kier alpha value is -1.39. The predicted octanol–water partition coefficient (Wildman–Crippen LogP) is 2.33. The van der Waals surface area contributed by atoms with Gasteiger partial charge in [0.15, 0.2) is 5.82 Å². The number of rotatable bonds is 0. The van der Waals surface area contributed by atoms with Gasteiger partial charge in [0.1, 0.15) is 12.1 Å². The smallest absolute Gasteiger partial charge is 0.158 e. The normalized spacial score (nSPS) is 8.67. The number of hydrogen-bond acceptors (Lipinski definition) is 2.